The van der Waals surface area contributed by atoms with Crippen LogP contribution in [0.2, 0.25) is 10.0 Å². The molecule has 1 aromatic carbocycles. The molecule has 0 bridgehead atoms. The first kappa shape index (κ1) is 16.9. The van der Waals surface area contributed by atoms with Crippen molar-refractivity contribution in [3.8, 4) is 0 Å². The number of aliphatic imine (C=N–C) groups is 1. The van der Waals surface area contributed by atoms with Gasteiger partial charge >= 0.3 is 0 Å². The van der Waals surface area contributed by atoms with Crippen molar-refractivity contribution in [2.45, 2.75) is 11.7 Å². The molecule has 1 atom stereocenters. The van der Waals surface area contributed by atoms with Crippen LogP contribution in [0.25, 0.3) is 0 Å². The Balaban J connectivity index is 1.94. The molecule has 0 saturated carbocycles. The Bertz CT molecular complexity index is 629. The second-order valence-corrected chi connectivity index (χ2v) is 6.50. The van der Waals surface area contributed by atoms with Gasteiger partial charge in [-0.1, -0.05) is 41.0 Å². The van der Waals surface area contributed by atoms with E-state index >= 15 is 0 Å². The molecule has 22 heavy (non-hydrogen) atoms. The molecule has 2 amide bonds. The Morgan fingerprint density at radius 2 is 2.09 bits per heavy atom. The number of nitrogens with one attached hydrogen (secondary N) is 2. The molecular weight excluding hydrogens is 345 g/mol. The van der Waals surface area contributed by atoms with Crippen molar-refractivity contribution in [3.05, 3.63) is 40.9 Å². The van der Waals surface area contributed by atoms with Crippen LogP contribution in [0.1, 0.15) is 6.42 Å². The minimum absolute atomic E-state index is 0.0355. The van der Waals surface area contributed by atoms with Gasteiger partial charge in [-0.25, -0.2) is 0 Å². The fourth-order valence-corrected chi connectivity index (χ4v) is 3.27. The molecule has 2 N–H and O–H groups in total. The Kier molecular flexibility index (Phi) is 5.88. The predicted molar refractivity (Wildman–Crippen MR) is 91.7 cm³/mol. The van der Waals surface area contributed by atoms with E-state index in [1.165, 1.54) is 11.8 Å². The standard InChI is InChI=1S/C14H13Cl2N3O2S/c1-2-3-17-14-19-13(21)11(22-14)7-12(20)18-10-5-8(15)4-9(16)6-10/h2,4-6,11H,1,3,7H2,(H,18,20)(H,17,19,21)/t11-/m1/s1. The number of rotatable bonds is 5. The van der Waals surface area contributed by atoms with E-state index in [-0.39, 0.29) is 18.2 Å². The number of carbonyl (C=O) groups is 2. The number of hydrogen-bond donors (Lipinski definition) is 2. The van der Waals surface area contributed by atoms with Gasteiger partial charge in [0, 0.05) is 22.2 Å². The number of anilines is 1. The molecule has 1 saturated heterocycles. The first-order chi connectivity index (χ1) is 10.5. The average Bonchev–Trinajstić information content (AvgIpc) is 2.75. The van der Waals surface area contributed by atoms with Crippen molar-refractivity contribution in [1.29, 1.82) is 0 Å². The van der Waals surface area contributed by atoms with E-state index in [9.17, 15) is 9.59 Å². The van der Waals surface area contributed by atoms with E-state index in [4.69, 9.17) is 23.2 Å². The SMILES string of the molecule is C=CCN=C1NC(=O)[C@@H](CC(=O)Nc2cc(Cl)cc(Cl)c2)S1. The number of nitrogens with zero attached hydrogens (tertiary/aromatic N) is 1. The molecule has 2 rings (SSSR count). The van der Waals surface area contributed by atoms with Gasteiger partial charge in [-0.2, -0.15) is 0 Å². The number of benzene rings is 1. The number of amidine groups is 1. The smallest absolute Gasteiger partial charge is 0.240 e. The third-order valence-corrected chi connectivity index (χ3v) is 4.21. The lowest BCUT2D eigenvalue weighted by molar-refractivity contribution is -0.122. The molecule has 0 aromatic heterocycles. The van der Waals surface area contributed by atoms with E-state index in [0.29, 0.717) is 27.4 Å². The third kappa shape index (κ3) is 4.76. The lowest BCUT2D eigenvalue weighted by Crippen LogP contribution is -2.28. The van der Waals surface area contributed by atoms with E-state index in [1.807, 2.05) is 0 Å². The maximum atomic E-state index is 12.0. The highest BCUT2D eigenvalue weighted by molar-refractivity contribution is 8.15. The summed E-state index contributed by atoms with van der Waals surface area (Å²) >= 11 is 13.0. The van der Waals surface area contributed by atoms with Crippen molar-refractivity contribution in [2.75, 3.05) is 11.9 Å². The van der Waals surface area contributed by atoms with Crippen LogP contribution in [0.5, 0.6) is 0 Å². The second-order valence-electron chi connectivity index (χ2n) is 4.44. The second kappa shape index (κ2) is 7.67. The molecule has 0 aliphatic carbocycles. The van der Waals surface area contributed by atoms with Gasteiger partial charge in [0.1, 0.15) is 5.25 Å². The minimum atomic E-state index is -0.502. The molecule has 0 spiro atoms. The molecule has 1 fully saturated rings. The Labute approximate surface area is 142 Å². The molecule has 5 nitrogen and oxygen atoms in total. The summed E-state index contributed by atoms with van der Waals surface area (Å²) in [6, 6.07) is 4.75. The fraction of sp³-hybridized carbons (Fsp3) is 0.214. The van der Waals surface area contributed by atoms with Gasteiger partial charge in [-0.15, -0.1) is 6.58 Å². The summed E-state index contributed by atoms with van der Waals surface area (Å²) in [5, 5.41) is 6.16. The number of halogens is 2. The van der Waals surface area contributed by atoms with E-state index in [2.05, 4.69) is 22.2 Å². The first-order valence-electron chi connectivity index (χ1n) is 6.36. The van der Waals surface area contributed by atoms with E-state index in [1.54, 1.807) is 24.3 Å². The van der Waals surface area contributed by atoms with Crippen LogP contribution < -0.4 is 10.6 Å². The molecule has 0 radical (unpaired) electrons. The van der Waals surface area contributed by atoms with E-state index < -0.39 is 5.25 Å². The summed E-state index contributed by atoms with van der Waals surface area (Å²) in [7, 11) is 0. The monoisotopic (exact) mass is 357 g/mol. The van der Waals surface area contributed by atoms with Gasteiger partial charge in [0.25, 0.3) is 0 Å². The van der Waals surface area contributed by atoms with Crippen molar-refractivity contribution < 1.29 is 9.59 Å². The Hall–Kier alpha value is -1.50. The number of thioether (sulfide) groups is 1. The molecule has 8 heteroatoms. The number of hydrogen-bond acceptors (Lipinski definition) is 4. The van der Waals surface area contributed by atoms with Gasteiger partial charge < -0.3 is 10.6 Å². The Morgan fingerprint density at radius 1 is 1.41 bits per heavy atom. The van der Waals surface area contributed by atoms with Crippen LogP contribution in [-0.2, 0) is 9.59 Å². The van der Waals surface area contributed by atoms with Crippen LogP contribution in [0.4, 0.5) is 5.69 Å². The molecular formula is C14H13Cl2N3O2S. The first-order valence-corrected chi connectivity index (χ1v) is 8.00. The Morgan fingerprint density at radius 3 is 2.73 bits per heavy atom. The average molecular weight is 358 g/mol. The molecule has 1 aliphatic heterocycles. The van der Waals surface area contributed by atoms with Crippen molar-refractivity contribution in [1.82, 2.24) is 5.32 Å². The highest BCUT2D eigenvalue weighted by Crippen LogP contribution is 2.25. The maximum absolute atomic E-state index is 12.0. The quantitative estimate of drug-likeness (QED) is 0.795. The van der Waals surface area contributed by atoms with Crippen molar-refractivity contribution in [2.24, 2.45) is 4.99 Å². The topological polar surface area (TPSA) is 70.6 Å². The minimum Gasteiger partial charge on any atom is -0.326 e. The van der Waals surface area contributed by atoms with Crippen LogP contribution in [-0.4, -0.2) is 28.8 Å². The lowest BCUT2D eigenvalue weighted by Gasteiger charge is -2.08. The van der Waals surface area contributed by atoms with Gasteiger partial charge in [0.2, 0.25) is 11.8 Å². The number of carbonyl (C=O) groups excluding carboxylic acids is 2. The highest BCUT2D eigenvalue weighted by Gasteiger charge is 2.31. The summed E-state index contributed by atoms with van der Waals surface area (Å²) in [5.74, 6) is -0.525. The van der Waals surface area contributed by atoms with Gasteiger partial charge in [0.05, 0.1) is 6.54 Å². The zero-order valence-electron chi connectivity index (χ0n) is 11.4. The zero-order valence-corrected chi connectivity index (χ0v) is 13.8. The lowest BCUT2D eigenvalue weighted by atomic mass is 10.2. The zero-order chi connectivity index (χ0) is 16.1. The third-order valence-electron chi connectivity index (χ3n) is 2.66. The summed E-state index contributed by atoms with van der Waals surface area (Å²) in [6.45, 7) is 3.97. The summed E-state index contributed by atoms with van der Waals surface area (Å²) in [4.78, 5) is 27.9. The van der Waals surface area contributed by atoms with Gasteiger partial charge in [-0.05, 0) is 18.2 Å². The summed E-state index contributed by atoms with van der Waals surface area (Å²) in [5.41, 5.74) is 0.492. The molecule has 116 valence electrons. The van der Waals surface area contributed by atoms with Gasteiger partial charge in [0.15, 0.2) is 5.17 Å². The van der Waals surface area contributed by atoms with Crippen LogP contribution >= 0.6 is 35.0 Å². The van der Waals surface area contributed by atoms with Crippen molar-refractivity contribution in [3.63, 3.8) is 0 Å². The van der Waals surface area contributed by atoms with Crippen LogP contribution in [0.15, 0.2) is 35.8 Å². The van der Waals surface area contributed by atoms with Crippen molar-refractivity contribution >= 4 is 57.6 Å². The summed E-state index contributed by atoms with van der Waals surface area (Å²) < 4.78 is 0. The fourth-order valence-electron chi connectivity index (χ4n) is 1.77. The van der Waals surface area contributed by atoms with Crippen LogP contribution in [0.3, 0.4) is 0 Å². The van der Waals surface area contributed by atoms with Gasteiger partial charge in [-0.3, -0.25) is 14.6 Å². The molecule has 1 aromatic rings. The number of amides is 2. The maximum Gasteiger partial charge on any atom is 0.240 e. The molecule has 0 unspecified atom stereocenters. The summed E-state index contributed by atoms with van der Waals surface area (Å²) in [6.07, 6.45) is 1.66. The molecule has 1 aliphatic rings. The van der Waals surface area contributed by atoms with E-state index in [0.717, 1.165) is 0 Å². The predicted octanol–water partition coefficient (Wildman–Crippen LogP) is 3.10. The largest absolute Gasteiger partial charge is 0.326 e. The normalized spacial score (nSPS) is 19.1. The highest BCUT2D eigenvalue weighted by atomic mass is 35.5. The van der Waals surface area contributed by atoms with Crippen LogP contribution in [0, 0.1) is 0 Å². The molecule has 1 heterocycles.